The lowest BCUT2D eigenvalue weighted by Gasteiger charge is -2.29. The van der Waals surface area contributed by atoms with Gasteiger partial charge in [-0.05, 0) is 91.8 Å². The van der Waals surface area contributed by atoms with Gasteiger partial charge in [-0.3, -0.25) is 9.78 Å². The Hall–Kier alpha value is -4.01. The number of ether oxygens (including phenoxy) is 1. The van der Waals surface area contributed by atoms with E-state index in [0.717, 1.165) is 34.0 Å². The van der Waals surface area contributed by atoms with Crippen molar-refractivity contribution in [3.63, 3.8) is 0 Å². The zero-order valence-corrected chi connectivity index (χ0v) is 21.8. The molecule has 2 aromatic carbocycles. The second-order valence-electron chi connectivity index (χ2n) is 9.12. The smallest absolute Gasteiger partial charge is 0.250 e. The van der Waals surface area contributed by atoms with Gasteiger partial charge in [-0.2, -0.15) is 0 Å². The van der Waals surface area contributed by atoms with Crippen molar-refractivity contribution in [3.8, 4) is 5.69 Å². The van der Waals surface area contributed by atoms with E-state index in [4.69, 9.17) is 17.0 Å². The Morgan fingerprint density at radius 2 is 1.92 bits per heavy atom. The highest BCUT2D eigenvalue weighted by atomic mass is 32.1. The molecule has 2 atom stereocenters. The third kappa shape index (κ3) is 4.98. The van der Waals surface area contributed by atoms with Gasteiger partial charge < -0.3 is 24.8 Å². The highest BCUT2D eigenvalue weighted by Crippen LogP contribution is 2.42. The summed E-state index contributed by atoms with van der Waals surface area (Å²) in [6.45, 7) is 4.07. The van der Waals surface area contributed by atoms with Gasteiger partial charge in [0.05, 0.1) is 11.7 Å². The van der Waals surface area contributed by atoms with Gasteiger partial charge in [0, 0.05) is 42.3 Å². The molecule has 1 amide bonds. The van der Waals surface area contributed by atoms with E-state index in [9.17, 15) is 4.79 Å². The molecule has 5 rings (SSSR count). The minimum Gasteiger partial charge on any atom is -0.375 e. The number of anilines is 2. The lowest BCUT2D eigenvalue weighted by molar-refractivity contribution is -0.119. The van der Waals surface area contributed by atoms with Crippen LogP contribution in [0.25, 0.3) is 5.69 Å². The molecule has 0 spiro atoms. The van der Waals surface area contributed by atoms with Gasteiger partial charge in [-0.1, -0.05) is 18.2 Å². The fraction of sp³-hybridized carbons (Fsp3) is 0.207. The predicted octanol–water partition coefficient (Wildman–Crippen LogP) is 5.25. The molecular weight excluding hydrogens is 482 g/mol. The van der Waals surface area contributed by atoms with Crippen LogP contribution in [0.15, 0.2) is 85.2 Å². The normalized spacial score (nSPS) is 17.1. The van der Waals surface area contributed by atoms with Crippen LogP contribution in [0.5, 0.6) is 0 Å². The molecule has 2 unspecified atom stereocenters. The lowest BCUT2D eigenvalue weighted by atomic mass is 10.00. The van der Waals surface area contributed by atoms with Crippen molar-refractivity contribution < 1.29 is 9.53 Å². The van der Waals surface area contributed by atoms with Crippen molar-refractivity contribution in [2.45, 2.75) is 25.9 Å². The third-order valence-electron chi connectivity index (χ3n) is 6.50. The van der Waals surface area contributed by atoms with Crippen molar-refractivity contribution in [2.75, 3.05) is 23.9 Å². The maximum absolute atomic E-state index is 12.1. The topological polar surface area (TPSA) is 71.4 Å². The second-order valence-corrected chi connectivity index (χ2v) is 9.51. The Morgan fingerprint density at radius 3 is 2.65 bits per heavy atom. The number of hydrogen-bond donors (Lipinski definition) is 2. The summed E-state index contributed by atoms with van der Waals surface area (Å²) in [7, 11) is 1.50. The quantitative estimate of drug-likeness (QED) is 0.330. The molecule has 1 aliphatic heterocycles. The molecule has 3 heterocycles. The number of carbonyl (C=O) groups excluding carboxylic acids is 1. The molecular formula is C29H29N5O2S. The van der Waals surface area contributed by atoms with Crippen molar-refractivity contribution in [2.24, 2.45) is 0 Å². The first-order valence-electron chi connectivity index (χ1n) is 12.1. The number of carbonyl (C=O) groups is 1. The summed E-state index contributed by atoms with van der Waals surface area (Å²) in [6.07, 6.45) is 3.89. The Morgan fingerprint density at radius 1 is 1.05 bits per heavy atom. The average molecular weight is 512 g/mol. The van der Waals surface area contributed by atoms with Crippen molar-refractivity contribution in [1.82, 2.24) is 14.9 Å². The maximum Gasteiger partial charge on any atom is 0.250 e. The summed E-state index contributed by atoms with van der Waals surface area (Å²) >= 11 is 5.90. The molecule has 8 heteroatoms. The summed E-state index contributed by atoms with van der Waals surface area (Å²) in [4.78, 5) is 18.9. The highest BCUT2D eigenvalue weighted by molar-refractivity contribution is 7.80. The number of aromatic nitrogens is 2. The van der Waals surface area contributed by atoms with E-state index in [1.807, 2.05) is 43.3 Å². The van der Waals surface area contributed by atoms with Gasteiger partial charge >= 0.3 is 0 Å². The molecule has 7 nitrogen and oxygen atoms in total. The van der Waals surface area contributed by atoms with E-state index in [1.54, 1.807) is 6.20 Å². The summed E-state index contributed by atoms with van der Waals surface area (Å²) in [5.74, 6) is -0.194. The summed E-state index contributed by atoms with van der Waals surface area (Å²) in [6, 6.07) is 24.2. The number of nitrogens with one attached hydrogen (secondary N) is 2. The van der Waals surface area contributed by atoms with E-state index in [0.29, 0.717) is 5.11 Å². The van der Waals surface area contributed by atoms with Crippen molar-refractivity contribution in [1.29, 1.82) is 0 Å². The van der Waals surface area contributed by atoms with E-state index < -0.39 is 0 Å². The van der Waals surface area contributed by atoms with E-state index in [2.05, 4.69) is 74.6 Å². The second kappa shape index (κ2) is 10.5. The number of methoxy groups -OCH3 is 1. The largest absolute Gasteiger partial charge is 0.375 e. The number of nitrogens with zero attached hydrogens (tertiary/aromatic N) is 3. The third-order valence-corrected chi connectivity index (χ3v) is 6.81. The van der Waals surface area contributed by atoms with Crippen LogP contribution in [0.3, 0.4) is 0 Å². The molecule has 0 saturated carbocycles. The molecule has 2 aromatic heterocycles. The van der Waals surface area contributed by atoms with Crippen LogP contribution in [0.1, 0.15) is 34.6 Å². The molecule has 1 saturated heterocycles. The molecule has 2 N–H and O–H groups in total. The first-order chi connectivity index (χ1) is 18.0. The summed E-state index contributed by atoms with van der Waals surface area (Å²) in [5.41, 5.74) is 6.88. The van der Waals surface area contributed by atoms with Crippen LogP contribution in [0.2, 0.25) is 0 Å². The van der Waals surface area contributed by atoms with Gasteiger partial charge in [0.1, 0.15) is 12.6 Å². The van der Waals surface area contributed by atoms with Gasteiger partial charge in [-0.15, -0.1) is 0 Å². The maximum atomic E-state index is 12.1. The molecule has 0 aliphatic carbocycles. The molecule has 1 fully saturated rings. The zero-order chi connectivity index (χ0) is 25.9. The van der Waals surface area contributed by atoms with Crippen LogP contribution < -0.4 is 15.5 Å². The highest BCUT2D eigenvalue weighted by Gasteiger charge is 2.42. The van der Waals surface area contributed by atoms with Gasteiger partial charge in [0.15, 0.2) is 5.11 Å². The Labute approximate surface area is 222 Å². The number of hydrogen-bond acceptors (Lipinski definition) is 4. The minimum absolute atomic E-state index is 0.00506. The monoisotopic (exact) mass is 511 g/mol. The Kier molecular flexibility index (Phi) is 7.03. The first kappa shape index (κ1) is 24.7. The van der Waals surface area contributed by atoms with Crippen LogP contribution in [0.4, 0.5) is 11.4 Å². The molecule has 0 radical (unpaired) electrons. The molecule has 4 aromatic rings. The molecule has 188 valence electrons. The van der Waals surface area contributed by atoms with Crippen LogP contribution in [-0.2, 0) is 9.53 Å². The van der Waals surface area contributed by atoms with Crippen LogP contribution in [0, 0.1) is 13.8 Å². The van der Waals surface area contributed by atoms with Crippen molar-refractivity contribution >= 4 is 34.6 Å². The predicted molar refractivity (Wildman–Crippen MR) is 150 cm³/mol. The summed E-state index contributed by atoms with van der Waals surface area (Å²) in [5, 5.41) is 7.05. The van der Waals surface area contributed by atoms with Crippen molar-refractivity contribution in [3.05, 3.63) is 108 Å². The van der Waals surface area contributed by atoms with Gasteiger partial charge in [-0.25, -0.2) is 0 Å². The van der Waals surface area contributed by atoms with E-state index in [1.165, 1.54) is 12.7 Å². The molecule has 1 aliphatic rings. The van der Waals surface area contributed by atoms with Gasteiger partial charge in [0.25, 0.3) is 0 Å². The number of pyridine rings is 1. The minimum atomic E-state index is -0.194. The summed E-state index contributed by atoms with van der Waals surface area (Å²) < 4.78 is 7.16. The van der Waals surface area contributed by atoms with Crippen LogP contribution in [-0.4, -0.2) is 34.3 Å². The van der Waals surface area contributed by atoms with E-state index in [-0.39, 0.29) is 24.6 Å². The number of aryl methyl sites for hydroxylation is 2. The average Bonchev–Trinajstić information content (AvgIpc) is 3.50. The fourth-order valence-electron chi connectivity index (χ4n) is 4.84. The standard InChI is InChI=1S/C29H29N5O2S/c1-19-8-6-9-21(16-19)33-15-7-11-25(33)28-27(24-10-4-5-14-30-24)32-29(37)34(28)22-12-13-23(20(2)17-22)31-26(35)18-36-3/h4-17,27-28H,18H2,1-3H3,(H,31,35)(H,32,37). The molecule has 37 heavy (non-hydrogen) atoms. The number of thiocarbonyl (C=S) groups is 1. The number of amides is 1. The van der Waals surface area contributed by atoms with Crippen LogP contribution >= 0.6 is 12.2 Å². The first-order valence-corrected chi connectivity index (χ1v) is 12.5. The Bertz CT molecular complexity index is 1440. The number of rotatable bonds is 7. The van der Waals surface area contributed by atoms with E-state index >= 15 is 0 Å². The zero-order valence-electron chi connectivity index (χ0n) is 21.0. The Balaban J connectivity index is 1.59. The molecule has 0 bridgehead atoms. The number of benzene rings is 2. The fourth-order valence-corrected chi connectivity index (χ4v) is 5.18. The lowest BCUT2D eigenvalue weighted by Crippen LogP contribution is -2.30. The SMILES string of the molecule is COCC(=O)Nc1ccc(N2C(=S)NC(c3ccccn3)C2c2cccn2-c2cccc(C)c2)cc1C. The van der Waals surface area contributed by atoms with Gasteiger partial charge in [0.2, 0.25) is 5.91 Å².